The molecule has 1 aromatic heterocycles. The van der Waals surface area contributed by atoms with Crippen LogP contribution in [0.1, 0.15) is 18.5 Å². The average molecular weight is 315 g/mol. The van der Waals surface area contributed by atoms with Crippen molar-refractivity contribution in [2.24, 2.45) is 0 Å². The summed E-state index contributed by atoms with van der Waals surface area (Å²) < 4.78 is 56.5. The SMILES string of the molecule is Cl.FC1(COc2cccc(C(F)(F)F)n2)CCCNC1. The minimum atomic E-state index is -4.53. The Hall–Kier alpha value is -1.08. The number of nitrogens with one attached hydrogen (secondary N) is 1. The Balaban J connectivity index is 0.00000200. The van der Waals surface area contributed by atoms with E-state index in [1.165, 1.54) is 12.1 Å². The minimum Gasteiger partial charge on any atom is -0.474 e. The van der Waals surface area contributed by atoms with Crippen LogP contribution in [-0.2, 0) is 6.18 Å². The number of nitrogens with zero attached hydrogens (tertiary/aromatic N) is 1. The lowest BCUT2D eigenvalue weighted by Gasteiger charge is -2.29. The van der Waals surface area contributed by atoms with Gasteiger partial charge in [0.15, 0.2) is 5.67 Å². The van der Waals surface area contributed by atoms with Crippen molar-refractivity contribution in [2.75, 3.05) is 19.7 Å². The summed E-state index contributed by atoms with van der Waals surface area (Å²) in [6, 6.07) is 3.32. The Labute approximate surface area is 120 Å². The molecule has 1 aliphatic heterocycles. The smallest absolute Gasteiger partial charge is 0.433 e. The van der Waals surface area contributed by atoms with Gasteiger partial charge in [-0.05, 0) is 25.5 Å². The van der Waals surface area contributed by atoms with E-state index in [9.17, 15) is 17.6 Å². The van der Waals surface area contributed by atoms with E-state index < -0.39 is 17.5 Å². The highest BCUT2D eigenvalue weighted by Gasteiger charge is 2.34. The summed E-state index contributed by atoms with van der Waals surface area (Å²) in [5, 5.41) is 2.89. The van der Waals surface area contributed by atoms with Crippen molar-refractivity contribution in [1.82, 2.24) is 10.3 Å². The zero-order chi connectivity index (χ0) is 13.9. The van der Waals surface area contributed by atoms with Gasteiger partial charge in [0, 0.05) is 12.6 Å². The molecule has 0 spiro atoms. The number of hydrogen-bond acceptors (Lipinski definition) is 3. The Morgan fingerprint density at radius 2 is 2.10 bits per heavy atom. The van der Waals surface area contributed by atoms with Crippen molar-refractivity contribution in [3.63, 3.8) is 0 Å². The molecule has 0 bridgehead atoms. The number of ether oxygens (including phenoxy) is 1. The van der Waals surface area contributed by atoms with Crippen molar-refractivity contribution in [3.8, 4) is 5.88 Å². The lowest BCUT2D eigenvalue weighted by Crippen LogP contribution is -2.46. The molecule has 8 heteroatoms. The fraction of sp³-hybridized carbons (Fsp3) is 0.583. The Morgan fingerprint density at radius 1 is 1.35 bits per heavy atom. The van der Waals surface area contributed by atoms with E-state index in [1.807, 2.05) is 0 Å². The van der Waals surface area contributed by atoms with Crippen LogP contribution in [0, 0.1) is 0 Å². The quantitative estimate of drug-likeness (QED) is 0.871. The van der Waals surface area contributed by atoms with Crippen molar-refractivity contribution >= 4 is 12.4 Å². The fourth-order valence-electron chi connectivity index (χ4n) is 1.91. The topological polar surface area (TPSA) is 34.1 Å². The molecule has 0 saturated carbocycles. The first-order valence-electron chi connectivity index (χ1n) is 5.96. The number of alkyl halides is 4. The van der Waals surface area contributed by atoms with Gasteiger partial charge in [0.1, 0.15) is 12.3 Å². The third kappa shape index (κ3) is 4.49. The molecule has 1 aromatic rings. The van der Waals surface area contributed by atoms with Crippen LogP contribution in [0.25, 0.3) is 0 Å². The lowest BCUT2D eigenvalue weighted by molar-refractivity contribution is -0.141. The van der Waals surface area contributed by atoms with Gasteiger partial charge in [-0.25, -0.2) is 9.37 Å². The maximum Gasteiger partial charge on any atom is 0.433 e. The second-order valence-corrected chi connectivity index (χ2v) is 4.58. The Bertz CT molecular complexity index is 436. The normalized spacial score (nSPS) is 23.0. The van der Waals surface area contributed by atoms with E-state index in [-0.39, 0.29) is 31.4 Å². The standard InChI is InChI=1S/C12H14F4N2O.ClH/c13-11(5-2-6-17-7-11)8-19-10-4-1-3-9(18-10)12(14,15)16;/h1,3-4,17H,2,5-8H2;1H. The van der Waals surface area contributed by atoms with E-state index in [4.69, 9.17) is 4.74 Å². The molecule has 1 saturated heterocycles. The van der Waals surface area contributed by atoms with Gasteiger partial charge >= 0.3 is 6.18 Å². The second-order valence-electron chi connectivity index (χ2n) is 4.58. The van der Waals surface area contributed by atoms with Crippen molar-refractivity contribution < 1.29 is 22.3 Å². The maximum absolute atomic E-state index is 14.2. The summed E-state index contributed by atoms with van der Waals surface area (Å²) in [7, 11) is 0. The van der Waals surface area contributed by atoms with Gasteiger partial charge < -0.3 is 10.1 Å². The van der Waals surface area contributed by atoms with Gasteiger partial charge in [0.2, 0.25) is 5.88 Å². The highest BCUT2D eigenvalue weighted by atomic mass is 35.5. The predicted molar refractivity (Wildman–Crippen MR) is 67.9 cm³/mol. The first-order valence-corrected chi connectivity index (χ1v) is 5.96. The molecule has 0 radical (unpaired) electrons. The average Bonchev–Trinajstić information content (AvgIpc) is 2.37. The molecule has 1 aliphatic rings. The van der Waals surface area contributed by atoms with Gasteiger partial charge in [-0.3, -0.25) is 0 Å². The molecule has 0 aromatic carbocycles. The van der Waals surface area contributed by atoms with Gasteiger partial charge in [-0.1, -0.05) is 6.07 Å². The third-order valence-corrected chi connectivity index (χ3v) is 2.91. The summed E-state index contributed by atoms with van der Waals surface area (Å²) in [6.45, 7) is 0.591. The highest BCUT2D eigenvalue weighted by molar-refractivity contribution is 5.85. The molecule has 1 atom stereocenters. The Morgan fingerprint density at radius 3 is 2.70 bits per heavy atom. The first-order chi connectivity index (χ1) is 8.89. The summed E-state index contributed by atoms with van der Waals surface area (Å²) in [5.41, 5.74) is -2.59. The van der Waals surface area contributed by atoms with Crippen LogP contribution in [0.5, 0.6) is 5.88 Å². The molecule has 114 valence electrons. The molecule has 3 nitrogen and oxygen atoms in total. The molecular formula is C12H15ClF4N2O. The van der Waals surface area contributed by atoms with Crippen LogP contribution in [0.15, 0.2) is 18.2 Å². The van der Waals surface area contributed by atoms with Crippen molar-refractivity contribution in [3.05, 3.63) is 23.9 Å². The van der Waals surface area contributed by atoms with Crippen molar-refractivity contribution in [1.29, 1.82) is 0 Å². The van der Waals surface area contributed by atoms with Gasteiger partial charge in [-0.15, -0.1) is 12.4 Å². The third-order valence-electron chi connectivity index (χ3n) is 2.91. The number of aromatic nitrogens is 1. The van der Waals surface area contributed by atoms with Crippen molar-refractivity contribution in [2.45, 2.75) is 24.7 Å². The first kappa shape index (κ1) is 17.0. The molecular weight excluding hydrogens is 300 g/mol. The number of pyridine rings is 1. The number of rotatable bonds is 3. The monoisotopic (exact) mass is 314 g/mol. The molecule has 2 heterocycles. The molecule has 20 heavy (non-hydrogen) atoms. The summed E-state index contributed by atoms with van der Waals surface area (Å²) in [4.78, 5) is 3.33. The van der Waals surface area contributed by atoms with E-state index in [1.54, 1.807) is 0 Å². The van der Waals surface area contributed by atoms with Crippen LogP contribution >= 0.6 is 12.4 Å². The highest BCUT2D eigenvalue weighted by Crippen LogP contribution is 2.29. The number of halogens is 5. The van der Waals surface area contributed by atoms with Crippen LogP contribution in [0.2, 0.25) is 0 Å². The largest absolute Gasteiger partial charge is 0.474 e. The summed E-state index contributed by atoms with van der Waals surface area (Å²) in [6.07, 6.45) is -3.52. The molecule has 1 unspecified atom stereocenters. The van der Waals surface area contributed by atoms with Gasteiger partial charge in [0.05, 0.1) is 0 Å². The summed E-state index contributed by atoms with van der Waals surface area (Å²) >= 11 is 0. The zero-order valence-corrected chi connectivity index (χ0v) is 11.4. The van der Waals surface area contributed by atoms with Gasteiger partial charge in [-0.2, -0.15) is 13.2 Å². The molecule has 1 N–H and O–H groups in total. The predicted octanol–water partition coefficient (Wildman–Crippen LogP) is 2.99. The van der Waals surface area contributed by atoms with E-state index >= 15 is 0 Å². The summed E-state index contributed by atoms with van der Waals surface area (Å²) in [5.74, 6) is -0.211. The minimum absolute atomic E-state index is 0. The van der Waals surface area contributed by atoms with E-state index in [0.29, 0.717) is 12.8 Å². The number of piperidine rings is 1. The number of hydrogen-bond donors (Lipinski definition) is 1. The maximum atomic E-state index is 14.2. The fourth-order valence-corrected chi connectivity index (χ4v) is 1.91. The lowest BCUT2D eigenvalue weighted by atomic mass is 9.97. The van der Waals surface area contributed by atoms with E-state index in [0.717, 1.165) is 12.6 Å². The van der Waals surface area contributed by atoms with Crippen LogP contribution in [-0.4, -0.2) is 30.3 Å². The van der Waals surface area contributed by atoms with Crippen LogP contribution < -0.4 is 10.1 Å². The molecule has 0 amide bonds. The second kappa shape index (κ2) is 6.58. The molecule has 1 fully saturated rings. The Kier molecular flexibility index (Phi) is 5.59. The zero-order valence-electron chi connectivity index (χ0n) is 10.5. The van der Waals surface area contributed by atoms with Gasteiger partial charge in [0.25, 0.3) is 0 Å². The molecule has 0 aliphatic carbocycles. The van der Waals surface area contributed by atoms with E-state index in [2.05, 4.69) is 10.3 Å². The van der Waals surface area contributed by atoms with Crippen LogP contribution in [0.3, 0.4) is 0 Å². The molecule has 2 rings (SSSR count). The van der Waals surface area contributed by atoms with Crippen LogP contribution in [0.4, 0.5) is 17.6 Å².